The van der Waals surface area contributed by atoms with E-state index < -0.39 is 6.04 Å². The second-order valence-corrected chi connectivity index (χ2v) is 8.40. The van der Waals surface area contributed by atoms with Gasteiger partial charge in [-0.1, -0.05) is 61.0 Å². The van der Waals surface area contributed by atoms with E-state index in [2.05, 4.69) is 5.32 Å². The maximum Gasteiger partial charge on any atom is 0.259 e. The van der Waals surface area contributed by atoms with Gasteiger partial charge in [-0.05, 0) is 43.4 Å². The van der Waals surface area contributed by atoms with Crippen LogP contribution >= 0.6 is 0 Å². The lowest BCUT2D eigenvalue weighted by atomic mass is 10.1. The van der Waals surface area contributed by atoms with Crippen molar-refractivity contribution in [3.63, 3.8) is 0 Å². The molecule has 0 spiro atoms. The van der Waals surface area contributed by atoms with Crippen LogP contribution in [0.1, 0.15) is 41.8 Å². The summed E-state index contributed by atoms with van der Waals surface area (Å²) in [4.78, 5) is 42.8. The minimum absolute atomic E-state index is 0.117. The fraction of sp³-hybridized carbons (Fsp3) is 0.296. The molecule has 3 aromatic carbocycles. The fourth-order valence-corrected chi connectivity index (χ4v) is 4.46. The van der Waals surface area contributed by atoms with E-state index in [1.54, 1.807) is 11.0 Å². The third-order valence-corrected chi connectivity index (χ3v) is 6.15. The van der Waals surface area contributed by atoms with Crippen LogP contribution < -0.4 is 10.2 Å². The van der Waals surface area contributed by atoms with Gasteiger partial charge in [0.25, 0.3) is 5.91 Å². The molecule has 6 nitrogen and oxygen atoms in total. The highest BCUT2D eigenvalue weighted by molar-refractivity contribution is 6.26. The largest absolute Gasteiger partial charge is 0.355 e. The van der Waals surface area contributed by atoms with Crippen molar-refractivity contribution in [1.82, 2.24) is 10.2 Å². The molecular weight excluding hydrogens is 414 g/mol. The third kappa shape index (κ3) is 4.33. The van der Waals surface area contributed by atoms with Gasteiger partial charge in [0.2, 0.25) is 11.8 Å². The summed E-state index contributed by atoms with van der Waals surface area (Å²) in [5.41, 5.74) is 3.41. The summed E-state index contributed by atoms with van der Waals surface area (Å²) in [6.07, 6.45) is 0.479. The molecule has 1 aliphatic rings. The number of aryl methyl sites for hydroxylation is 1. The van der Waals surface area contributed by atoms with Gasteiger partial charge < -0.3 is 10.2 Å². The van der Waals surface area contributed by atoms with E-state index in [0.29, 0.717) is 25.1 Å². The van der Waals surface area contributed by atoms with Crippen LogP contribution in [0, 0.1) is 6.92 Å². The first-order valence-electron chi connectivity index (χ1n) is 11.4. The number of likely N-dealkylation sites (N-methyl/N-ethyl adjacent to an activating group) is 1. The van der Waals surface area contributed by atoms with Gasteiger partial charge in [-0.2, -0.15) is 0 Å². The maximum atomic E-state index is 13.6. The molecule has 1 atom stereocenters. The molecule has 1 aliphatic heterocycles. The molecule has 0 unspecified atom stereocenters. The molecule has 1 heterocycles. The summed E-state index contributed by atoms with van der Waals surface area (Å²) in [7, 11) is 0. The van der Waals surface area contributed by atoms with Gasteiger partial charge in [0.05, 0.1) is 5.69 Å². The number of nitrogens with one attached hydrogen (secondary N) is 1. The van der Waals surface area contributed by atoms with Gasteiger partial charge in [-0.15, -0.1) is 0 Å². The van der Waals surface area contributed by atoms with E-state index in [4.69, 9.17) is 0 Å². The number of hydrogen-bond donors (Lipinski definition) is 1. The van der Waals surface area contributed by atoms with Crippen LogP contribution in [0.5, 0.6) is 0 Å². The first kappa shape index (κ1) is 22.5. The Balaban J connectivity index is 1.65. The Bertz CT molecular complexity index is 1200. The summed E-state index contributed by atoms with van der Waals surface area (Å²) in [6, 6.07) is 18.7. The van der Waals surface area contributed by atoms with E-state index in [1.165, 1.54) is 4.90 Å². The van der Waals surface area contributed by atoms with E-state index in [0.717, 1.165) is 27.6 Å². The minimum Gasteiger partial charge on any atom is -0.355 e. The molecule has 0 saturated carbocycles. The lowest BCUT2D eigenvalue weighted by Crippen LogP contribution is -2.52. The highest BCUT2D eigenvalue weighted by atomic mass is 16.2. The number of carbonyl (C=O) groups is 3. The van der Waals surface area contributed by atoms with Crippen LogP contribution in [-0.2, 0) is 16.1 Å². The summed E-state index contributed by atoms with van der Waals surface area (Å²) in [5.74, 6) is -0.623. The van der Waals surface area contributed by atoms with Crippen molar-refractivity contribution < 1.29 is 14.4 Å². The molecule has 0 saturated heterocycles. The van der Waals surface area contributed by atoms with Crippen LogP contribution in [0.2, 0.25) is 0 Å². The van der Waals surface area contributed by atoms with Crippen molar-refractivity contribution in [2.45, 2.75) is 39.8 Å². The molecule has 1 N–H and O–H groups in total. The van der Waals surface area contributed by atoms with Gasteiger partial charge >= 0.3 is 0 Å². The first-order valence-corrected chi connectivity index (χ1v) is 11.4. The Morgan fingerprint density at radius 1 is 1.00 bits per heavy atom. The zero-order chi connectivity index (χ0) is 23.5. The molecule has 6 heteroatoms. The number of carbonyl (C=O) groups excluding carboxylic acids is 3. The van der Waals surface area contributed by atoms with Gasteiger partial charge in [-0.25, -0.2) is 0 Å². The van der Waals surface area contributed by atoms with Crippen molar-refractivity contribution in [2.75, 3.05) is 18.0 Å². The Morgan fingerprint density at radius 3 is 2.36 bits per heavy atom. The number of anilines is 1. The zero-order valence-corrected chi connectivity index (χ0v) is 19.3. The van der Waals surface area contributed by atoms with E-state index in [1.807, 2.05) is 75.4 Å². The van der Waals surface area contributed by atoms with Crippen LogP contribution in [0.25, 0.3) is 10.8 Å². The Morgan fingerprint density at radius 2 is 1.70 bits per heavy atom. The van der Waals surface area contributed by atoms with Gasteiger partial charge in [0.15, 0.2) is 0 Å². The Hall–Kier alpha value is -3.67. The maximum absolute atomic E-state index is 13.6. The number of benzene rings is 3. The molecule has 0 bridgehead atoms. The Kier molecular flexibility index (Phi) is 6.45. The smallest absolute Gasteiger partial charge is 0.259 e. The quantitative estimate of drug-likeness (QED) is 0.571. The average molecular weight is 444 g/mol. The van der Waals surface area contributed by atoms with E-state index in [-0.39, 0.29) is 24.3 Å². The average Bonchev–Trinajstić information content (AvgIpc) is 3.08. The highest BCUT2D eigenvalue weighted by Gasteiger charge is 2.34. The SMILES string of the molecule is CCNC(=O)[C@@H](CC)N(Cc1ccc(C)cc1)C(=O)CN1C(=O)c2cccc3cccc1c23. The van der Waals surface area contributed by atoms with Gasteiger partial charge in [0, 0.05) is 24.0 Å². The predicted octanol–water partition coefficient (Wildman–Crippen LogP) is 4.05. The third-order valence-electron chi connectivity index (χ3n) is 6.15. The second-order valence-electron chi connectivity index (χ2n) is 8.40. The minimum atomic E-state index is -0.616. The van der Waals surface area contributed by atoms with Crippen LogP contribution in [0.4, 0.5) is 5.69 Å². The monoisotopic (exact) mass is 443 g/mol. The van der Waals surface area contributed by atoms with Crippen LogP contribution in [-0.4, -0.2) is 41.8 Å². The summed E-state index contributed by atoms with van der Waals surface area (Å²) >= 11 is 0. The molecule has 0 aromatic heterocycles. The zero-order valence-electron chi connectivity index (χ0n) is 19.3. The molecule has 3 aromatic rings. The molecule has 0 fully saturated rings. The number of rotatable bonds is 8. The first-order chi connectivity index (χ1) is 15.9. The fourth-order valence-electron chi connectivity index (χ4n) is 4.46. The standard InChI is InChI=1S/C27H29N3O3/c1-4-22(26(32)28-5-2)29(16-19-14-12-18(3)13-15-19)24(31)17-30-23-11-7-9-20-8-6-10-21(25(20)23)27(30)33/h6-15,22H,4-5,16-17H2,1-3H3,(H,28,32)/t22-/m1/s1. The highest BCUT2D eigenvalue weighted by Crippen LogP contribution is 2.37. The molecule has 0 aliphatic carbocycles. The van der Waals surface area contributed by atoms with Gasteiger partial charge in [-0.3, -0.25) is 19.3 Å². The molecule has 33 heavy (non-hydrogen) atoms. The van der Waals surface area contributed by atoms with Crippen molar-refractivity contribution >= 4 is 34.2 Å². The molecule has 0 radical (unpaired) electrons. The van der Waals surface area contributed by atoms with Crippen LogP contribution in [0.3, 0.4) is 0 Å². The molecule has 4 rings (SSSR count). The predicted molar refractivity (Wildman–Crippen MR) is 130 cm³/mol. The normalized spacial score (nSPS) is 13.3. The topological polar surface area (TPSA) is 69.7 Å². The van der Waals surface area contributed by atoms with E-state index >= 15 is 0 Å². The summed E-state index contributed by atoms with van der Waals surface area (Å²) in [6.45, 7) is 6.43. The molecule has 170 valence electrons. The molecular formula is C27H29N3O3. The van der Waals surface area contributed by atoms with E-state index in [9.17, 15) is 14.4 Å². The molecule has 3 amide bonds. The Labute approximate surface area is 194 Å². The van der Waals surface area contributed by atoms with Crippen molar-refractivity contribution in [3.8, 4) is 0 Å². The lowest BCUT2D eigenvalue weighted by Gasteiger charge is -2.32. The lowest BCUT2D eigenvalue weighted by molar-refractivity contribution is -0.140. The van der Waals surface area contributed by atoms with Gasteiger partial charge in [0.1, 0.15) is 12.6 Å². The van der Waals surface area contributed by atoms with Crippen molar-refractivity contribution in [2.24, 2.45) is 0 Å². The van der Waals surface area contributed by atoms with Crippen LogP contribution in [0.15, 0.2) is 60.7 Å². The second kappa shape index (κ2) is 9.45. The summed E-state index contributed by atoms with van der Waals surface area (Å²) < 4.78 is 0. The number of amides is 3. The number of hydrogen-bond acceptors (Lipinski definition) is 3. The van der Waals surface area contributed by atoms with Crippen molar-refractivity contribution in [1.29, 1.82) is 0 Å². The summed E-state index contributed by atoms with van der Waals surface area (Å²) in [5, 5.41) is 4.69. The van der Waals surface area contributed by atoms with Crippen molar-refractivity contribution in [3.05, 3.63) is 77.4 Å². The number of nitrogens with zero attached hydrogens (tertiary/aromatic N) is 2.